The van der Waals surface area contributed by atoms with Crippen molar-refractivity contribution in [2.24, 2.45) is 7.05 Å². The number of rotatable bonds is 7. The number of aromatic nitrogens is 3. The van der Waals surface area contributed by atoms with Crippen LogP contribution in [0.15, 0.2) is 35.4 Å². The summed E-state index contributed by atoms with van der Waals surface area (Å²) in [5.41, 5.74) is 2.43. The second kappa shape index (κ2) is 7.45. The Bertz CT molecular complexity index is 521. The Labute approximate surface area is 125 Å². The Morgan fingerprint density at radius 1 is 1.30 bits per heavy atom. The van der Waals surface area contributed by atoms with E-state index in [4.69, 9.17) is 0 Å². The highest BCUT2D eigenvalue weighted by Crippen LogP contribution is 2.24. The van der Waals surface area contributed by atoms with Gasteiger partial charge in [0, 0.05) is 17.7 Å². The van der Waals surface area contributed by atoms with Gasteiger partial charge in [0.05, 0.1) is 17.9 Å². The third kappa shape index (κ3) is 4.08. The van der Waals surface area contributed by atoms with Gasteiger partial charge in [0.1, 0.15) is 0 Å². The molecule has 0 spiro atoms. The third-order valence-electron chi connectivity index (χ3n) is 3.18. The molecule has 0 aliphatic rings. The Kier molecular flexibility index (Phi) is 5.61. The minimum absolute atomic E-state index is 0.279. The summed E-state index contributed by atoms with van der Waals surface area (Å²) >= 11 is 1.86. The first-order valence-corrected chi connectivity index (χ1v) is 7.96. The van der Waals surface area contributed by atoms with Crippen molar-refractivity contribution in [3.05, 3.63) is 41.7 Å². The van der Waals surface area contributed by atoms with Crippen LogP contribution in [0.3, 0.4) is 0 Å². The van der Waals surface area contributed by atoms with Crippen LogP contribution in [0.25, 0.3) is 0 Å². The zero-order valence-electron chi connectivity index (χ0n) is 12.3. The molecule has 0 saturated heterocycles. The average Bonchev–Trinajstić information content (AvgIpc) is 2.87. The highest BCUT2D eigenvalue weighted by Gasteiger charge is 2.15. The van der Waals surface area contributed by atoms with Gasteiger partial charge in [-0.05, 0) is 32.0 Å². The van der Waals surface area contributed by atoms with E-state index in [1.807, 2.05) is 29.7 Å². The molecule has 2 rings (SSSR count). The Morgan fingerprint density at radius 3 is 2.65 bits per heavy atom. The largest absolute Gasteiger partial charge is 0.308 e. The summed E-state index contributed by atoms with van der Waals surface area (Å²) in [6, 6.07) is 8.95. The van der Waals surface area contributed by atoms with Crippen molar-refractivity contribution in [3.8, 4) is 0 Å². The molecule has 0 aliphatic heterocycles. The van der Waals surface area contributed by atoms with Crippen LogP contribution in [0.5, 0.6) is 0 Å². The molecule has 108 valence electrons. The highest BCUT2D eigenvalue weighted by atomic mass is 32.2. The van der Waals surface area contributed by atoms with E-state index in [-0.39, 0.29) is 6.04 Å². The fourth-order valence-corrected chi connectivity index (χ4v) is 2.97. The second-order valence-corrected chi connectivity index (χ2v) is 6.01. The highest BCUT2D eigenvalue weighted by molar-refractivity contribution is 7.99. The van der Waals surface area contributed by atoms with Crippen LogP contribution in [0.4, 0.5) is 0 Å². The topological polar surface area (TPSA) is 42.7 Å². The van der Waals surface area contributed by atoms with E-state index in [1.54, 1.807) is 0 Å². The molecule has 0 saturated carbocycles. The molecular formula is C15H22N4S. The zero-order valence-corrected chi connectivity index (χ0v) is 13.2. The number of hydrogen-bond acceptors (Lipinski definition) is 4. The van der Waals surface area contributed by atoms with Gasteiger partial charge in [-0.25, -0.2) is 0 Å². The van der Waals surface area contributed by atoms with Crippen molar-refractivity contribution < 1.29 is 0 Å². The van der Waals surface area contributed by atoms with Gasteiger partial charge in [0.25, 0.3) is 0 Å². The summed E-state index contributed by atoms with van der Waals surface area (Å²) in [5.74, 6) is 0.976. The van der Waals surface area contributed by atoms with Gasteiger partial charge in [-0.2, -0.15) is 0 Å². The standard InChI is InChI=1S/C15H22N4S/c1-4-9-16-14(15-10-17-18-19(15)3)11-20-13-7-5-12(2)6-8-13/h5-8,10,14,16H,4,9,11H2,1-3H3. The Hall–Kier alpha value is -1.33. The smallest absolute Gasteiger partial charge is 0.0761 e. The maximum atomic E-state index is 4.03. The van der Waals surface area contributed by atoms with Crippen LogP contribution in [-0.2, 0) is 7.05 Å². The average molecular weight is 290 g/mol. The molecular weight excluding hydrogens is 268 g/mol. The molecule has 2 aromatic rings. The minimum atomic E-state index is 0.279. The predicted octanol–water partition coefficient (Wildman–Crippen LogP) is 2.96. The molecule has 0 fully saturated rings. The molecule has 1 aromatic carbocycles. The fraction of sp³-hybridized carbons (Fsp3) is 0.467. The van der Waals surface area contributed by atoms with E-state index in [0.29, 0.717) is 0 Å². The molecule has 1 heterocycles. The van der Waals surface area contributed by atoms with E-state index in [1.165, 1.54) is 10.5 Å². The molecule has 1 N–H and O–H groups in total. The van der Waals surface area contributed by atoms with Crippen LogP contribution in [-0.4, -0.2) is 27.3 Å². The van der Waals surface area contributed by atoms with Crippen molar-refractivity contribution >= 4 is 11.8 Å². The summed E-state index contributed by atoms with van der Waals surface area (Å²) in [6.07, 6.45) is 2.97. The zero-order chi connectivity index (χ0) is 14.4. The molecule has 0 aliphatic carbocycles. The van der Waals surface area contributed by atoms with E-state index < -0.39 is 0 Å². The number of hydrogen-bond donors (Lipinski definition) is 1. The van der Waals surface area contributed by atoms with Crippen molar-refractivity contribution in [1.82, 2.24) is 20.3 Å². The molecule has 0 amide bonds. The maximum absolute atomic E-state index is 4.03. The molecule has 5 heteroatoms. The van der Waals surface area contributed by atoms with Crippen LogP contribution in [0.1, 0.15) is 30.6 Å². The number of nitrogens with zero attached hydrogens (tertiary/aromatic N) is 3. The van der Waals surface area contributed by atoms with Gasteiger partial charge < -0.3 is 5.32 Å². The van der Waals surface area contributed by atoms with Crippen LogP contribution < -0.4 is 5.32 Å². The number of thioether (sulfide) groups is 1. The quantitative estimate of drug-likeness (QED) is 0.796. The van der Waals surface area contributed by atoms with Crippen LogP contribution in [0.2, 0.25) is 0 Å². The van der Waals surface area contributed by atoms with E-state index >= 15 is 0 Å². The Morgan fingerprint density at radius 2 is 2.05 bits per heavy atom. The van der Waals surface area contributed by atoms with E-state index in [0.717, 1.165) is 24.4 Å². The van der Waals surface area contributed by atoms with Gasteiger partial charge in [0.2, 0.25) is 0 Å². The first kappa shape index (κ1) is 15.1. The fourth-order valence-electron chi connectivity index (χ4n) is 1.99. The van der Waals surface area contributed by atoms with Gasteiger partial charge >= 0.3 is 0 Å². The normalized spacial score (nSPS) is 12.6. The lowest BCUT2D eigenvalue weighted by molar-refractivity contribution is 0.532. The van der Waals surface area contributed by atoms with E-state index in [2.05, 4.69) is 53.7 Å². The van der Waals surface area contributed by atoms with Gasteiger partial charge in [0.15, 0.2) is 0 Å². The van der Waals surface area contributed by atoms with Gasteiger partial charge in [-0.3, -0.25) is 4.68 Å². The van der Waals surface area contributed by atoms with Gasteiger partial charge in [-0.15, -0.1) is 16.9 Å². The van der Waals surface area contributed by atoms with Crippen molar-refractivity contribution in [2.45, 2.75) is 31.2 Å². The predicted molar refractivity (Wildman–Crippen MR) is 83.9 cm³/mol. The molecule has 0 radical (unpaired) electrons. The van der Waals surface area contributed by atoms with Crippen molar-refractivity contribution in [2.75, 3.05) is 12.3 Å². The number of benzene rings is 1. The summed E-state index contributed by atoms with van der Waals surface area (Å²) in [5, 5.41) is 11.6. The minimum Gasteiger partial charge on any atom is -0.308 e. The third-order valence-corrected chi connectivity index (χ3v) is 4.29. The van der Waals surface area contributed by atoms with E-state index in [9.17, 15) is 0 Å². The van der Waals surface area contributed by atoms with Crippen molar-refractivity contribution in [1.29, 1.82) is 0 Å². The first-order valence-electron chi connectivity index (χ1n) is 6.98. The molecule has 1 atom stereocenters. The summed E-state index contributed by atoms with van der Waals surface area (Å²) < 4.78 is 1.85. The first-order chi connectivity index (χ1) is 9.70. The number of nitrogens with one attached hydrogen (secondary N) is 1. The van der Waals surface area contributed by atoms with Gasteiger partial charge in [-0.1, -0.05) is 29.8 Å². The Balaban J connectivity index is 2.01. The SMILES string of the molecule is CCCNC(CSc1ccc(C)cc1)c1cnnn1C. The molecule has 0 bridgehead atoms. The van der Waals surface area contributed by atoms with Crippen molar-refractivity contribution in [3.63, 3.8) is 0 Å². The molecule has 20 heavy (non-hydrogen) atoms. The van der Waals surface area contributed by atoms with Crippen LogP contribution in [0, 0.1) is 6.92 Å². The summed E-state index contributed by atoms with van der Waals surface area (Å²) in [4.78, 5) is 1.30. The lowest BCUT2D eigenvalue weighted by Gasteiger charge is -2.17. The maximum Gasteiger partial charge on any atom is 0.0761 e. The molecule has 4 nitrogen and oxygen atoms in total. The summed E-state index contributed by atoms with van der Waals surface area (Å²) in [6.45, 7) is 5.30. The number of aryl methyl sites for hydroxylation is 2. The van der Waals surface area contributed by atoms with Crippen LogP contribution >= 0.6 is 11.8 Å². The lowest BCUT2D eigenvalue weighted by Crippen LogP contribution is -2.26. The summed E-state index contributed by atoms with van der Waals surface area (Å²) in [7, 11) is 1.94. The molecule has 1 aromatic heterocycles. The lowest BCUT2D eigenvalue weighted by atomic mass is 10.2. The monoisotopic (exact) mass is 290 g/mol. The second-order valence-electron chi connectivity index (χ2n) is 4.91. The molecule has 1 unspecified atom stereocenters.